The molecular formula is C13H18O6. The SMILES string of the molecule is COCOC(=O)C(COC(C)=O)C1CC2C=CC1O2. The van der Waals surface area contributed by atoms with Gasteiger partial charge >= 0.3 is 11.9 Å². The zero-order chi connectivity index (χ0) is 13.8. The third-order valence-electron chi connectivity index (χ3n) is 3.38. The first-order valence-electron chi connectivity index (χ1n) is 6.24. The highest BCUT2D eigenvalue weighted by molar-refractivity contribution is 5.74. The second kappa shape index (κ2) is 6.16. The quantitative estimate of drug-likeness (QED) is 0.401. The minimum absolute atomic E-state index is 0.0151. The molecule has 2 heterocycles. The Morgan fingerprint density at radius 1 is 1.37 bits per heavy atom. The lowest BCUT2D eigenvalue weighted by Gasteiger charge is -2.24. The molecule has 0 saturated carbocycles. The summed E-state index contributed by atoms with van der Waals surface area (Å²) in [6, 6.07) is 0. The summed E-state index contributed by atoms with van der Waals surface area (Å²) in [6.45, 7) is 1.23. The van der Waals surface area contributed by atoms with Crippen LogP contribution in [0.2, 0.25) is 0 Å². The summed E-state index contributed by atoms with van der Waals surface area (Å²) in [6.07, 6.45) is 4.65. The van der Waals surface area contributed by atoms with Crippen molar-refractivity contribution in [1.82, 2.24) is 0 Å². The van der Waals surface area contributed by atoms with Gasteiger partial charge in [-0.25, -0.2) is 0 Å². The molecule has 19 heavy (non-hydrogen) atoms. The predicted octanol–water partition coefficient (Wildman–Crippen LogP) is 0.656. The van der Waals surface area contributed by atoms with Crippen molar-refractivity contribution < 1.29 is 28.5 Å². The van der Waals surface area contributed by atoms with E-state index in [1.807, 2.05) is 12.2 Å². The van der Waals surface area contributed by atoms with Crippen LogP contribution in [0.1, 0.15) is 13.3 Å². The number of fused-ring (bicyclic) bond motifs is 2. The first-order valence-corrected chi connectivity index (χ1v) is 6.24. The van der Waals surface area contributed by atoms with E-state index in [0.29, 0.717) is 0 Å². The largest absolute Gasteiger partial charge is 0.465 e. The molecule has 2 aliphatic rings. The van der Waals surface area contributed by atoms with Crippen molar-refractivity contribution >= 4 is 11.9 Å². The second-order valence-corrected chi connectivity index (χ2v) is 4.70. The zero-order valence-electron chi connectivity index (χ0n) is 11.0. The van der Waals surface area contributed by atoms with E-state index in [1.54, 1.807) is 0 Å². The Labute approximate surface area is 111 Å². The summed E-state index contributed by atoms with van der Waals surface area (Å²) in [4.78, 5) is 22.9. The van der Waals surface area contributed by atoms with E-state index in [1.165, 1.54) is 14.0 Å². The minimum Gasteiger partial charge on any atom is -0.465 e. The molecule has 1 fully saturated rings. The molecule has 0 amide bonds. The number of carbonyl (C=O) groups is 2. The maximum Gasteiger partial charge on any atom is 0.314 e. The van der Waals surface area contributed by atoms with Gasteiger partial charge in [-0.15, -0.1) is 0 Å². The van der Waals surface area contributed by atoms with Gasteiger partial charge in [0.25, 0.3) is 0 Å². The summed E-state index contributed by atoms with van der Waals surface area (Å²) < 4.78 is 20.3. The molecule has 2 rings (SSSR count). The molecule has 0 spiro atoms. The molecule has 0 radical (unpaired) electrons. The average Bonchev–Trinajstić information content (AvgIpc) is 2.98. The van der Waals surface area contributed by atoms with Crippen LogP contribution in [0.3, 0.4) is 0 Å². The van der Waals surface area contributed by atoms with Crippen LogP contribution in [0.25, 0.3) is 0 Å². The van der Waals surface area contributed by atoms with Gasteiger partial charge in [-0.05, 0) is 6.42 Å². The number of esters is 2. The van der Waals surface area contributed by atoms with Gasteiger partial charge in [0.2, 0.25) is 0 Å². The predicted molar refractivity (Wildman–Crippen MR) is 64.0 cm³/mol. The number of carbonyl (C=O) groups excluding carboxylic acids is 2. The molecular weight excluding hydrogens is 252 g/mol. The Morgan fingerprint density at radius 3 is 2.68 bits per heavy atom. The first-order chi connectivity index (χ1) is 9.11. The van der Waals surface area contributed by atoms with E-state index in [4.69, 9.17) is 18.9 Å². The molecule has 0 aliphatic carbocycles. The van der Waals surface area contributed by atoms with Gasteiger partial charge in [-0.3, -0.25) is 9.59 Å². The van der Waals surface area contributed by atoms with Crippen molar-refractivity contribution in [2.75, 3.05) is 20.5 Å². The van der Waals surface area contributed by atoms with E-state index in [0.717, 1.165) is 6.42 Å². The average molecular weight is 270 g/mol. The highest BCUT2D eigenvalue weighted by Crippen LogP contribution is 2.38. The van der Waals surface area contributed by atoms with Gasteiger partial charge in [-0.2, -0.15) is 0 Å². The molecule has 106 valence electrons. The molecule has 4 atom stereocenters. The fourth-order valence-corrected chi connectivity index (χ4v) is 2.50. The van der Waals surface area contributed by atoms with Gasteiger partial charge in [0.15, 0.2) is 6.79 Å². The first kappa shape index (κ1) is 14.0. The number of hydrogen-bond donors (Lipinski definition) is 0. The van der Waals surface area contributed by atoms with Gasteiger partial charge < -0.3 is 18.9 Å². The monoisotopic (exact) mass is 270 g/mol. The molecule has 6 heteroatoms. The van der Waals surface area contributed by atoms with Gasteiger partial charge in [0, 0.05) is 20.0 Å². The van der Waals surface area contributed by atoms with Crippen LogP contribution in [0.5, 0.6) is 0 Å². The molecule has 4 unspecified atom stereocenters. The Balaban J connectivity index is 1.99. The molecule has 0 aromatic heterocycles. The fraction of sp³-hybridized carbons (Fsp3) is 0.692. The van der Waals surface area contributed by atoms with Crippen LogP contribution in [0.15, 0.2) is 12.2 Å². The molecule has 2 bridgehead atoms. The van der Waals surface area contributed by atoms with Crippen molar-refractivity contribution in [2.24, 2.45) is 11.8 Å². The normalized spacial score (nSPS) is 29.3. The van der Waals surface area contributed by atoms with Gasteiger partial charge in [0.1, 0.15) is 6.61 Å². The van der Waals surface area contributed by atoms with Crippen LogP contribution in [-0.4, -0.2) is 44.7 Å². The summed E-state index contributed by atoms with van der Waals surface area (Å²) in [5.74, 6) is -1.36. The molecule has 0 N–H and O–H groups in total. The molecule has 1 saturated heterocycles. The smallest absolute Gasteiger partial charge is 0.314 e. The topological polar surface area (TPSA) is 71.1 Å². The van der Waals surface area contributed by atoms with Crippen LogP contribution < -0.4 is 0 Å². The second-order valence-electron chi connectivity index (χ2n) is 4.70. The third kappa shape index (κ3) is 3.33. The van der Waals surface area contributed by atoms with Crippen molar-refractivity contribution in [3.63, 3.8) is 0 Å². The van der Waals surface area contributed by atoms with Crippen molar-refractivity contribution in [3.8, 4) is 0 Å². The minimum atomic E-state index is -0.515. The molecule has 6 nitrogen and oxygen atoms in total. The summed E-state index contributed by atoms with van der Waals surface area (Å²) in [5, 5.41) is 0. The highest BCUT2D eigenvalue weighted by atomic mass is 16.7. The molecule has 0 aromatic carbocycles. The Bertz CT molecular complexity index is 377. The van der Waals surface area contributed by atoms with Gasteiger partial charge in [0.05, 0.1) is 18.1 Å². The van der Waals surface area contributed by atoms with E-state index < -0.39 is 17.9 Å². The van der Waals surface area contributed by atoms with Crippen molar-refractivity contribution in [3.05, 3.63) is 12.2 Å². The number of hydrogen-bond acceptors (Lipinski definition) is 6. The van der Waals surface area contributed by atoms with Gasteiger partial charge in [-0.1, -0.05) is 12.2 Å². The number of ether oxygens (including phenoxy) is 4. The standard InChI is InChI=1S/C13H18O6/c1-8(14)17-6-11(13(15)18-7-16-2)10-5-9-3-4-12(10)19-9/h3-4,9-12H,5-7H2,1-2H3. The van der Waals surface area contributed by atoms with Crippen LogP contribution >= 0.6 is 0 Å². The van der Waals surface area contributed by atoms with E-state index in [-0.39, 0.29) is 31.5 Å². The lowest BCUT2D eigenvalue weighted by Crippen LogP contribution is -2.35. The van der Waals surface area contributed by atoms with E-state index in [2.05, 4.69) is 0 Å². The van der Waals surface area contributed by atoms with Crippen molar-refractivity contribution in [2.45, 2.75) is 25.6 Å². The molecule has 2 aliphatic heterocycles. The molecule has 0 aromatic rings. The summed E-state index contributed by atoms with van der Waals surface area (Å²) in [5.41, 5.74) is 0. The Hall–Kier alpha value is -1.40. The fourth-order valence-electron chi connectivity index (χ4n) is 2.50. The maximum absolute atomic E-state index is 12.0. The van der Waals surface area contributed by atoms with Crippen molar-refractivity contribution in [1.29, 1.82) is 0 Å². The van der Waals surface area contributed by atoms with E-state index >= 15 is 0 Å². The zero-order valence-corrected chi connectivity index (χ0v) is 11.0. The third-order valence-corrected chi connectivity index (χ3v) is 3.38. The number of methoxy groups -OCH3 is 1. The maximum atomic E-state index is 12.0. The Kier molecular flexibility index (Phi) is 4.55. The number of rotatable bonds is 6. The lowest BCUT2D eigenvalue weighted by atomic mass is 9.83. The Morgan fingerprint density at radius 2 is 2.16 bits per heavy atom. The summed E-state index contributed by atoms with van der Waals surface area (Å²) >= 11 is 0. The van der Waals surface area contributed by atoms with Crippen LogP contribution in [-0.2, 0) is 28.5 Å². The van der Waals surface area contributed by atoms with Crippen LogP contribution in [0.4, 0.5) is 0 Å². The van der Waals surface area contributed by atoms with E-state index in [9.17, 15) is 9.59 Å². The highest BCUT2D eigenvalue weighted by Gasteiger charge is 2.44. The summed E-state index contributed by atoms with van der Waals surface area (Å²) in [7, 11) is 1.44. The lowest BCUT2D eigenvalue weighted by molar-refractivity contribution is -0.165. The van der Waals surface area contributed by atoms with Crippen LogP contribution in [0, 0.1) is 11.8 Å².